The molecule has 4 nitrogen and oxygen atoms in total. The molecule has 1 aromatic carbocycles. The number of benzene rings is 1. The van der Waals surface area contributed by atoms with Gasteiger partial charge in [-0.05, 0) is 53.3 Å². The number of hydrogen-bond acceptors (Lipinski definition) is 4. The molecule has 0 atom stereocenters. The number of sulfonamides is 1. The zero-order valence-electron chi connectivity index (χ0n) is 10.2. The molecular weight excluding hydrogens is 395 g/mol. The second kappa shape index (κ2) is 5.78. The maximum absolute atomic E-state index is 12.3. The van der Waals surface area contributed by atoms with Gasteiger partial charge in [0.25, 0.3) is 10.0 Å². The average Bonchev–Trinajstić information content (AvgIpc) is 2.74. The summed E-state index contributed by atoms with van der Waals surface area (Å²) in [5.74, 6) is 0. The second-order valence-electron chi connectivity index (χ2n) is 3.96. The number of hydrogen-bond donors (Lipinski definition) is 2. The first kappa shape index (κ1) is 14.8. The van der Waals surface area contributed by atoms with Crippen LogP contribution in [0.1, 0.15) is 10.4 Å². The van der Waals surface area contributed by atoms with Crippen LogP contribution in [0.3, 0.4) is 0 Å². The quantitative estimate of drug-likeness (QED) is 0.765. The minimum Gasteiger partial charge on any atom is -0.326 e. The van der Waals surface area contributed by atoms with Gasteiger partial charge >= 0.3 is 0 Å². The Hall–Kier alpha value is -0.640. The van der Waals surface area contributed by atoms with Gasteiger partial charge in [0.1, 0.15) is 4.21 Å². The predicted octanol–water partition coefficient (Wildman–Crippen LogP) is 2.92. The Balaban J connectivity index is 2.35. The van der Waals surface area contributed by atoms with E-state index in [-0.39, 0.29) is 0 Å². The number of nitrogens with one attached hydrogen (secondary N) is 1. The van der Waals surface area contributed by atoms with Crippen LogP contribution in [0.2, 0.25) is 0 Å². The van der Waals surface area contributed by atoms with E-state index >= 15 is 0 Å². The van der Waals surface area contributed by atoms with E-state index < -0.39 is 10.0 Å². The predicted molar refractivity (Wildman–Crippen MR) is 86.9 cm³/mol. The molecule has 0 bridgehead atoms. The average molecular weight is 408 g/mol. The van der Waals surface area contributed by atoms with Crippen LogP contribution in [0, 0.1) is 10.5 Å². The van der Waals surface area contributed by atoms with E-state index in [1.165, 1.54) is 11.3 Å². The van der Waals surface area contributed by atoms with Crippen LogP contribution in [0.4, 0.5) is 5.69 Å². The highest BCUT2D eigenvalue weighted by Crippen LogP contribution is 2.28. The molecule has 2 rings (SSSR count). The molecule has 2 aromatic rings. The third-order valence-electron chi connectivity index (χ3n) is 2.57. The van der Waals surface area contributed by atoms with Gasteiger partial charge < -0.3 is 5.73 Å². The third-order valence-corrected chi connectivity index (χ3v) is 6.61. The van der Waals surface area contributed by atoms with Crippen molar-refractivity contribution in [2.45, 2.75) is 17.7 Å². The molecule has 0 amide bonds. The minimum absolute atomic E-state index is 0.296. The van der Waals surface area contributed by atoms with Crippen molar-refractivity contribution >= 4 is 49.6 Å². The van der Waals surface area contributed by atoms with E-state index in [1.54, 1.807) is 18.2 Å². The van der Waals surface area contributed by atoms with Crippen LogP contribution in [-0.2, 0) is 16.6 Å². The Bertz CT molecular complexity index is 696. The van der Waals surface area contributed by atoms with Crippen LogP contribution in [0.5, 0.6) is 0 Å². The molecule has 3 N–H and O–H groups in total. The normalized spacial score (nSPS) is 11.5. The monoisotopic (exact) mass is 408 g/mol. The second-order valence-corrected chi connectivity index (χ2v) is 8.17. The number of rotatable bonds is 4. The van der Waals surface area contributed by atoms with Gasteiger partial charge in [-0.25, -0.2) is 8.42 Å². The maximum atomic E-state index is 12.3. The molecule has 0 aliphatic carbocycles. The molecule has 1 heterocycles. The molecule has 0 spiro atoms. The summed E-state index contributed by atoms with van der Waals surface area (Å²) in [6, 6.07) is 8.91. The number of halogens is 1. The number of aryl methyl sites for hydroxylation is 1. The van der Waals surface area contributed by atoms with E-state index in [1.807, 2.05) is 19.1 Å². The molecule has 7 heteroatoms. The number of anilines is 1. The lowest BCUT2D eigenvalue weighted by Gasteiger charge is -2.07. The van der Waals surface area contributed by atoms with Crippen LogP contribution in [0.25, 0.3) is 0 Å². The van der Waals surface area contributed by atoms with Gasteiger partial charge in [-0.2, -0.15) is 0 Å². The Morgan fingerprint density at radius 3 is 2.63 bits per heavy atom. The number of para-hydroxylation sites is 1. The molecule has 1 aromatic heterocycles. The van der Waals surface area contributed by atoms with E-state index in [2.05, 4.69) is 27.3 Å². The fourth-order valence-corrected chi connectivity index (χ4v) is 4.82. The molecule has 0 unspecified atom stereocenters. The molecule has 0 radical (unpaired) electrons. The van der Waals surface area contributed by atoms with Gasteiger partial charge in [0.15, 0.2) is 0 Å². The fraction of sp³-hybridized carbons (Fsp3) is 0.167. The topological polar surface area (TPSA) is 72.2 Å². The highest BCUT2D eigenvalue weighted by molar-refractivity contribution is 14.1. The summed E-state index contributed by atoms with van der Waals surface area (Å²) in [7, 11) is -3.54. The minimum atomic E-state index is -3.54. The van der Waals surface area contributed by atoms with Crippen molar-refractivity contribution in [1.82, 2.24) is 0 Å². The Morgan fingerprint density at radius 1 is 1.37 bits per heavy atom. The number of nitrogens with two attached hydrogens (primary N) is 1. The SMILES string of the molecule is Cc1cc(S(=O)(=O)Nc2ccccc2I)sc1CN. The highest BCUT2D eigenvalue weighted by atomic mass is 127. The molecule has 0 aliphatic heterocycles. The van der Waals surface area contributed by atoms with Crippen molar-refractivity contribution in [3.8, 4) is 0 Å². The van der Waals surface area contributed by atoms with Crippen molar-refractivity contribution in [3.63, 3.8) is 0 Å². The molecule has 0 aliphatic rings. The summed E-state index contributed by atoms with van der Waals surface area (Å²) in [6.07, 6.45) is 0. The van der Waals surface area contributed by atoms with Crippen LogP contribution >= 0.6 is 33.9 Å². The summed E-state index contributed by atoms with van der Waals surface area (Å²) < 4.78 is 28.3. The van der Waals surface area contributed by atoms with Crippen molar-refractivity contribution in [2.75, 3.05) is 4.72 Å². The first-order chi connectivity index (χ1) is 8.94. The summed E-state index contributed by atoms with van der Waals surface area (Å²) in [5.41, 5.74) is 7.08. The zero-order valence-corrected chi connectivity index (χ0v) is 14.0. The Labute approximate surface area is 130 Å². The first-order valence-corrected chi connectivity index (χ1v) is 8.88. The van der Waals surface area contributed by atoms with Gasteiger partial charge in [-0.1, -0.05) is 12.1 Å². The van der Waals surface area contributed by atoms with Crippen molar-refractivity contribution in [2.24, 2.45) is 5.73 Å². The van der Waals surface area contributed by atoms with Crippen LogP contribution in [0.15, 0.2) is 34.5 Å². The molecule has 0 saturated heterocycles. The summed E-state index contributed by atoms with van der Waals surface area (Å²) >= 11 is 3.31. The van der Waals surface area contributed by atoms with Crippen molar-refractivity contribution in [3.05, 3.63) is 44.3 Å². The van der Waals surface area contributed by atoms with E-state index in [0.717, 1.165) is 14.0 Å². The third kappa shape index (κ3) is 3.28. The first-order valence-electron chi connectivity index (χ1n) is 5.51. The number of thiophene rings is 1. The standard InChI is InChI=1S/C12H13IN2O2S2/c1-8-6-12(18-11(8)7-14)19(16,17)15-10-5-3-2-4-9(10)13/h2-6,15H,7,14H2,1H3. The smallest absolute Gasteiger partial charge is 0.271 e. The fourth-order valence-electron chi connectivity index (χ4n) is 1.56. The highest BCUT2D eigenvalue weighted by Gasteiger charge is 2.19. The lowest BCUT2D eigenvalue weighted by molar-refractivity contribution is 0.603. The largest absolute Gasteiger partial charge is 0.326 e. The Kier molecular flexibility index (Phi) is 4.49. The van der Waals surface area contributed by atoms with Gasteiger partial charge in [0, 0.05) is 15.0 Å². The van der Waals surface area contributed by atoms with E-state index in [0.29, 0.717) is 16.4 Å². The Morgan fingerprint density at radius 2 is 2.05 bits per heavy atom. The molecule has 19 heavy (non-hydrogen) atoms. The van der Waals surface area contributed by atoms with Crippen LogP contribution in [-0.4, -0.2) is 8.42 Å². The van der Waals surface area contributed by atoms with E-state index in [4.69, 9.17) is 5.73 Å². The zero-order chi connectivity index (χ0) is 14.0. The summed E-state index contributed by atoms with van der Waals surface area (Å²) in [4.78, 5) is 0.892. The molecule has 0 fully saturated rings. The lowest BCUT2D eigenvalue weighted by atomic mass is 10.3. The van der Waals surface area contributed by atoms with Crippen LogP contribution < -0.4 is 10.5 Å². The maximum Gasteiger partial charge on any atom is 0.271 e. The molecule has 0 saturated carbocycles. The lowest BCUT2D eigenvalue weighted by Crippen LogP contribution is -2.12. The van der Waals surface area contributed by atoms with Gasteiger partial charge in [0.2, 0.25) is 0 Å². The van der Waals surface area contributed by atoms with Crippen molar-refractivity contribution in [1.29, 1.82) is 0 Å². The van der Waals surface area contributed by atoms with Gasteiger partial charge in [0.05, 0.1) is 5.69 Å². The summed E-state index contributed by atoms with van der Waals surface area (Å²) in [6.45, 7) is 2.22. The van der Waals surface area contributed by atoms with Crippen molar-refractivity contribution < 1.29 is 8.42 Å². The van der Waals surface area contributed by atoms with Gasteiger partial charge in [-0.3, -0.25) is 4.72 Å². The van der Waals surface area contributed by atoms with E-state index in [9.17, 15) is 8.42 Å². The molecular formula is C12H13IN2O2S2. The molecule has 102 valence electrons. The van der Waals surface area contributed by atoms with Gasteiger partial charge in [-0.15, -0.1) is 11.3 Å². The summed E-state index contributed by atoms with van der Waals surface area (Å²) in [5, 5.41) is 0.